The molecule has 0 fully saturated rings. The first-order chi connectivity index (χ1) is 20.6. The fourth-order valence-corrected chi connectivity index (χ4v) is 11.0. The number of rotatable bonds is 7. The van der Waals surface area contributed by atoms with Gasteiger partial charge in [-0.1, -0.05) is 97.3 Å². The van der Waals surface area contributed by atoms with Gasteiger partial charge >= 0.3 is 0 Å². The number of hydrogen-bond acceptors (Lipinski definition) is 2. The van der Waals surface area contributed by atoms with Crippen LogP contribution in [0.25, 0.3) is 37.3 Å². The molecular formula is C38H30N2S2. The third-order valence-corrected chi connectivity index (χ3v) is 12.7. The van der Waals surface area contributed by atoms with E-state index in [1.54, 1.807) is 11.3 Å². The van der Waals surface area contributed by atoms with E-state index < -0.39 is 10.0 Å². The van der Waals surface area contributed by atoms with E-state index >= 15 is 0 Å². The standard InChI is InChI=1S/C38H30N2S2/c1-4-15-29(5-2)42(30-17-8-6-9-18-30,31-19-10-7-11-20-31)32-21-14-16-28(25-32)33-26-36-37(24-27(33)3)41-38-39-34-22-12-13-23-35(34)40(36)38/h4-26H,1-2H2,3H3/b29-15+. The summed E-state index contributed by atoms with van der Waals surface area (Å²) in [6, 6.07) is 43.8. The van der Waals surface area contributed by atoms with Gasteiger partial charge < -0.3 is 0 Å². The Kier molecular flexibility index (Phi) is 6.66. The first-order valence-corrected chi connectivity index (χ1v) is 16.4. The second-order valence-corrected chi connectivity index (χ2v) is 14.4. The average molecular weight is 579 g/mol. The first-order valence-electron chi connectivity index (χ1n) is 13.9. The molecule has 42 heavy (non-hydrogen) atoms. The number of hydrogen-bond donors (Lipinski definition) is 0. The number of nitrogens with zero attached hydrogens (tertiary/aromatic N) is 2. The highest BCUT2D eigenvalue weighted by atomic mass is 32.3. The zero-order valence-corrected chi connectivity index (χ0v) is 25.0. The minimum atomic E-state index is -1.86. The fraction of sp³-hybridized carbons (Fsp3) is 0.0263. The molecule has 4 heteroatoms. The number of aryl methyl sites for hydroxylation is 1. The van der Waals surface area contributed by atoms with Crippen LogP contribution in [0.3, 0.4) is 0 Å². The summed E-state index contributed by atoms with van der Waals surface area (Å²) in [5.74, 6) is 0. The lowest BCUT2D eigenvalue weighted by Crippen LogP contribution is -2.06. The van der Waals surface area contributed by atoms with E-state index in [2.05, 4.69) is 152 Å². The van der Waals surface area contributed by atoms with Gasteiger partial charge in [0.1, 0.15) is 0 Å². The summed E-state index contributed by atoms with van der Waals surface area (Å²) in [6.07, 6.45) is 6.01. The SMILES string of the molecule is C=C/C=C(\C=C)S(c1ccccc1)(c1ccccc1)c1cccc(-c2cc3c(cc2C)sc2nc4ccccc4n23)c1. The highest BCUT2D eigenvalue weighted by Crippen LogP contribution is 2.73. The van der Waals surface area contributed by atoms with E-state index in [4.69, 9.17) is 4.98 Å². The molecule has 2 aromatic heterocycles. The molecule has 0 bridgehead atoms. The molecule has 0 aliphatic heterocycles. The Morgan fingerprint density at radius 1 is 0.738 bits per heavy atom. The molecule has 204 valence electrons. The Bertz CT molecular complexity index is 2090. The summed E-state index contributed by atoms with van der Waals surface area (Å²) in [5, 5.41) is 0. The first kappa shape index (κ1) is 26.3. The summed E-state index contributed by atoms with van der Waals surface area (Å²) in [5.41, 5.74) is 7.03. The molecule has 0 amide bonds. The molecular weight excluding hydrogens is 549 g/mol. The van der Waals surface area contributed by atoms with Gasteiger partial charge in [-0.2, -0.15) is 0 Å². The molecule has 7 aromatic rings. The Balaban J connectivity index is 1.51. The molecule has 2 heterocycles. The molecule has 0 radical (unpaired) electrons. The number of benzene rings is 5. The van der Waals surface area contributed by atoms with Gasteiger partial charge in [-0.3, -0.25) is 4.40 Å². The van der Waals surface area contributed by atoms with Gasteiger partial charge in [-0.05, 0) is 90.4 Å². The average Bonchev–Trinajstić information content (AvgIpc) is 3.57. The van der Waals surface area contributed by atoms with Crippen molar-refractivity contribution in [3.05, 3.63) is 163 Å². The third kappa shape index (κ3) is 4.06. The molecule has 0 atom stereocenters. The largest absolute Gasteiger partial charge is 0.283 e. The second-order valence-electron chi connectivity index (χ2n) is 10.2. The molecule has 0 spiro atoms. The van der Waals surface area contributed by atoms with Crippen LogP contribution in [0.4, 0.5) is 0 Å². The van der Waals surface area contributed by atoms with Crippen molar-refractivity contribution >= 4 is 47.6 Å². The van der Waals surface area contributed by atoms with Gasteiger partial charge in [0.25, 0.3) is 0 Å². The maximum absolute atomic E-state index is 4.91. The topological polar surface area (TPSA) is 17.3 Å². The maximum Gasteiger partial charge on any atom is 0.195 e. The molecule has 0 aliphatic carbocycles. The van der Waals surface area contributed by atoms with Crippen molar-refractivity contribution in [1.82, 2.24) is 9.38 Å². The molecule has 2 nitrogen and oxygen atoms in total. The van der Waals surface area contributed by atoms with Crippen LogP contribution in [0, 0.1) is 6.92 Å². The van der Waals surface area contributed by atoms with Crippen LogP contribution >= 0.6 is 21.4 Å². The number of thiazole rings is 1. The highest BCUT2D eigenvalue weighted by Gasteiger charge is 2.34. The minimum Gasteiger partial charge on any atom is -0.283 e. The lowest BCUT2D eigenvalue weighted by atomic mass is 10.0. The van der Waals surface area contributed by atoms with Gasteiger partial charge in [0.15, 0.2) is 4.96 Å². The van der Waals surface area contributed by atoms with E-state index in [9.17, 15) is 0 Å². The van der Waals surface area contributed by atoms with Crippen molar-refractivity contribution in [1.29, 1.82) is 0 Å². The number of para-hydroxylation sites is 2. The number of fused-ring (bicyclic) bond motifs is 5. The Labute approximate surface area is 251 Å². The smallest absolute Gasteiger partial charge is 0.195 e. The molecule has 7 rings (SSSR count). The maximum atomic E-state index is 4.91. The van der Waals surface area contributed by atoms with Crippen LogP contribution in [-0.2, 0) is 0 Å². The van der Waals surface area contributed by atoms with Gasteiger partial charge in [0.05, 0.1) is 21.3 Å². The number of imidazole rings is 1. The van der Waals surface area contributed by atoms with E-state index in [1.165, 1.54) is 41.6 Å². The van der Waals surface area contributed by atoms with Crippen molar-refractivity contribution in [2.45, 2.75) is 21.6 Å². The zero-order valence-electron chi connectivity index (χ0n) is 23.4. The lowest BCUT2D eigenvalue weighted by molar-refractivity contribution is 1.29. The fourth-order valence-electron chi connectivity index (χ4n) is 5.97. The van der Waals surface area contributed by atoms with Crippen molar-refractivity contribution in [3.8, 4) is 11.1 Å². The van der Waals surface area contributed by atoms with Crippen LogP contribution in [-0.4, -0.2) is 9.38 Å². The van der Waals surface area contributed by atoms with Crippen molar-refractivity contribution < 1.29 is 0 Å². The lowest BCUT2D eigenvalue weighted by Gasteiger charge is -2.43. The third-order valence-electron chi connectivity index (χ3n) is 7.81. The van der Waals surface area contributed by atoms with Gasteiger partial charge in [-0.15, -0.1) is 10.0 Å². The normalized spacial score (nSPS) is 12.6. The molecule has 0 unspecified atom stereocenters. The number of allylic oxidation sites excluding steroid dienone is 3. The summed E-state index contributed by atoms with van der Waals surface area (Å²) in [7, 11) is -1.86. The predicted octanol–water partition coefficient (Wildman–Crippen LogP) is 11.2. The van der Waals surface area contributed by atoms with Gasteiger partial charge in [-0.25, -0.2) is 4.98 Å². The summed E-state index contributed by atoms with van der Waals surface area (Å²) in [6.45, 7) is 10.6. The predicted molar refractivity (Wildman–Crippen MR) is 182 cm³/mol. The van der Waals surface area contributed by atoms with Crippen LogP contribution in [0.1, 0.15) is 5.56 Å². The summed E-state index contributed by atoms with van der Waals surface area (Å²) in [4.78, 5) is 10.9. The summed E-state index contributed by atoms with van der Waals surface area (Å²) >= 11 is 1.75. The molecule has 0 N–H and O–H groups in total. The second kappa shape index (κ2) is 10.6. The van der Waals surface area contributed by atoms with E-state index in [-0.39, 0.29) is 0 Å². The van der Waals surface area contributed by atoms with E-state index in [1.807, 2.05) is 12.2 Å². The van der Waals surface area contributed by atoms with Crippen LogP contribution in [0.5, 0.6) is 0 Å². The highest BCUT2D eigenvalue weighted by molar-refractivity contribution is 8.37. The van der Waals surface area contributed by atoms with Gasteiger partial charge in [0.2, 0.25) is 0 Å². The minimum absolute atomic E-state index is 1.03. The van der Waals surface area contributed by atoms with Crippen molar-refractivity contribution in [3.63, 3.8) is 0 Å². The van der Waals surface area contributed by atoms with Crippen molar-refractivity contribution in [2.24, 2.45) is 0 Å². The molecule has 5 aromatic carbocycles. The Morgan fingerprint density at radius 3 is 2.10 bits per heavy atom. The van der Waals surface area contributed by atoms with Crippen LogP contribution in [0.15, 0.2) is 172 Å². The number of aromatic nitrogens is 2. The Hall–Kier alpha value is -4.64. The molecule has 0 aliphatic rings. The summed E-state index contributed by atoms with van der Waals surface area (Å²) < 4.78 is 3.55. The van der Waals surface area contributed by atoms with E-state index in [0.717, 1.165) is 20.9 Å². The van der Waals surface area contributed by atoms with Gasteiger partial charge in [0, 0.05) is 19.6 Å². The molecule has 0 saturated carbocycles. The van der Waals surface area contributed by atoms with E-state index in [0.29, 0.717) is 0 Å². The monoisotopic (exact) mass is 578 g/mol. The van der Waals surface area contributed by atoms with Crippen molar-refractivity contribution in [2.75, 3.05) is 0 Å². The Morgan fingerprint density at radius 2 is 1.40 bits per heavy atom. The zero-order chi connectivity index (χ0) is 28.7. The van der Waals surface area contributed by atoms with Crippen LogP contribution < -0.4 is 0 Å². The quantitative estimate of drug-likeness (QED) is 0.172. The molecule has 0 saturated heterocycles. The van der Waals surface area contributed by atoms with Crippen LogP contribution in [0.2, 0.25) is 0 Å².